The Morgan fingerprint density at radius 2 is 1.80 bits per heavy atom. The van der Waals surface area contributed by atoms with E-state index in [-0.39, 0.29) is 11.6 Å². The number of aliphatic carboxylic acids is 1. The summed E-state index contributed by atoms with van der Waals surface area (Å²) in [7, 11) is 0. The molecule has 0 radical (unpaired) electrons. The van der Waals surface area contributed by atoms with Crippen LogP contribution in [0.4, 0.5) is 0 Å². The van der Waals surface area contributed by atoms with Crippen LogP contribution in [0.3, 0.4) is 0 Å². The third kappa shape index (κ3) is 4.20. The molecule has 0 aliphatic heterocycles. The van der Waals surface area contributed by atoms with E-state index in [0.29, 0.717) is 5.92 Å². The van der Waals surface area contributed by atoms with Crippen molar-refractivity contribution in [3.8, 4) is 0 Å². The van der Waals surface area contributed by atoms with Crippen molar-refractivity contribution in [3.63, 3.8) is 0 Å². The van der Waals surface area contributed by atoms with E-state index in [2.05, 4.69) is 5.32 Å². The Morgan fingerprint density at radius 3 is 2.20 bits per heavy atom. The van der Waals surface area contributed by atoms with Crippen molar-refractivity contribution in [2.45, 2.75) is 64.5 Å². The Balaban J connectivity index is 2.60. The van der Waals surface area contributed by atoms with E-state index in [0.717, 1.165) is 12.8 Å². The van der Waals surface area contributed by atoms with Gasteiger partial charge in [0, 0.05) is 5.54 Å². The summed E-state index contributed by atoms with van der Waals surface area (Å²) in [6, 6.07) is -0.370. The van der Waals surface area contributed by atoms with Crippen LogP contribution >= 0.6 is 0 Å². The number of carbonyl (C=O) groups is 1. The van der Waals surface area contributed by atoms with Gasteiger partial charge >= 0.3 is 5.97 Å². The highest BCUT2D eigenvalue weighted by Gasteiger charge is 2.31. The first-order chi connectivity index (χ1) is 6.90. The van der Waals surface area contributed by atoms with Crippen molar-refractivity contribution in [3.05, 3.63) is 0 Å². The molecule has 1 saturated carbocycles. The molecule has 1 fully saturated rings. The Kier molecular flexibility index (Phi) is 4.14. The number of carboxylic acids is 1. The maximum absolute atomic E-state index is 11.2. The monoisotopic (exact) mass is 213 g/mol. The molecule has 1 aliphatic rings. The van der Waals surface area contributed by atoms with Crippen molar-refractivity contribution < 1.29 is 9.90 Å². The first-order valence-corrected chi connectivity index (χ1v) is 5.90. The fraction of sp³-hybridized carbons (Fsp3) is 0.917. The first kappa shape index (κ1) is 12.5. The van der Waals surface area contributed by atoms with Gasteiger partial charge in [0.1, 0.15) is 6.04 Å². The lowest BCUT2D eigenvalue weighted by molar-refractivity contribution is -0.142. The minimum absolute atomic E-state index is 0.125. The van der Waals surface area contributed by atoms with Gasteiger partial charge in [0.05, 0.1) is 0 Å². The Bertz CT molecular complexity index is 214. The summed E-state index contributed by atoms with van der Waals surface area (Å²) < 4.78 is 0. The average molecular weight is 213 g/mol. The molecule has 15 heavy (non-hydrogen) atoms. The van der Waals surface area contributed by atoms with Gasteiger partial charge in [-0.25, -0.2) is 0 Å². The third-order valence-electron chi connectivity index (χ3n) is 2.98. The van der Waals surface area contributed by atoms with E-state index < -0.39 is 5.97 Å². The highest BCUT2D eigenvalue weighted by atomic mass is 16.4. The van der Waals surface area contributed by atoms with Gasteiger partial charge in [-0.05, 0) is 39.5 Å². The summed E-state index contributed by atoms with van der Waals surface area (Å²) in [5.74, 6) is -0.382. The average Bonchev–Trinajstić information content (AvgIpc) is 2.14. The molecular weight excluding hydrogens is 190 g/mol. The van der Waals surface area contributed by atoms with E-state index in [1.165, 1.54) is 19.3 Å². The van der Waals surface area contributed by atoms with Crippen LogP contribution < -0.4 is 5.32 Å². The summed E-state index contributed by atoms with van der Waals surface area (Å²) in [4.78, 5) is 11.2. The summed E-state index contributed by atoms with van der Waals surface area (Å²) in [6.45, 7) is 6.06. The fourth-order valence-corrected chi connectivity index (χ4v) is 2.32. The Morgan fingerprint density at radius 1 is 1.27 bits per heavy atom. The van der Waals surface area contributed by atoms with Crippen LogP contribution in [0.15, 0.2) is 0 Å². The van der Waals surface area contributed by atoms with Crippen molar-refractivity contribution in [2.75, 3.05) is 0 Å². The quantitative estimate of drug-likeness (QED) is 0.757. The number of rotatable bonds is 3. The Hall–Kier alpha value is -0.570. The molecule has 0 unspecified atom stereocenters. The van der Waals surface area contributed by atoms with E-state index in [1.807, 2.05) is 20.8 Å². The first-order valence-electron chi connectivity index (χ1n) is 5.90. The van der Waals surface area contributed by atoms with Gasteiger partial charge in [-0.3, -0.25) is 10.1 Å². The lowest BCUT2D eigenvalue weighted by Gasteiger charge is -2.33. The van der Waals surface area contributed by atoms with Crippen LogP contribution in [-0.2, 0) is 4.79 Å². The van der Waals surface area contributed by atoms with Crippen LogP contribution in [-0.4, -0.2) is 22.7 Å². The van der Waals surface area contributed by atoms with Gasteiger partial charge in [0.25, 0.3) is 0 Å². The van der Waals surface area contributed by atoms with E-state index in [9.17, 15) is 9.90 Å². The molecule has 0 aromatic rings. The van der Waals surface area contributed by atoms with E-state index in [1.54, 1.807) is 0 Å². The molecular formula is C12H23NO2. The highest BCUT2D eigenvalue weighted by molar-refractivity contribution is 5.74. The molecule has 3 heteroatoms. The summed E-state index contributed by atoms with van der Waals surface area (Å²) >= 11 is 0. The largest absolute Gasteiger partial charge is 0.480 e. The van der Waals surface area contributed by atoms with Gasteiger partial charge in [0.2, 0.25) is 0 Å². The molecule has 2 N–H and O–H groups in total. The fourth-order valence-electron chi connectivity index (χ4n) is 2.32. The van der Waals surface area contributed by atoms with Crippen molar-refractivity contribution in [1.82, 2.24) is 5.32 Å². The molecule has 3 nitrogen and oxygen atoms in total. The molecule has 88 valence electrons. The molecule has 0 saturated heterocycles. The van der Waals surface area contributed by atoms with Crippen LogP contribution in [0.25, 0.3) is 0 Å². The second-order valence-corrected chi connectivity index (χ2v) is 5.61. The molecule has 1 aliphatic carbocycles. The minimum atomic E-state index is -0.697. The second-order valence-electron chi connectivity index (χ2n) is 5.61. The van der Waals surface area contributed by atoms with Gasteiger partial charge in [-0.2, -0.15) is 0 Å². The minimum Gasteiger partial charge on any atom is -0.480 e. The highest BCUT2D eigenvalue weighted by Crippen LogP contribution is 2.27. The van der Waals surface area contributed by atoms with Gasteiger partial charge in [0.15, 0.2) is 0 Å². The molecule has 0 spiro atoms. The predicted octanol–water partition coefficient (Wildman–Crippen LogP) is 2.41. The number of carboxylic acid groups (broad SMARTS) is 1. The third-order valence-corrected chi connectivity index (χ3v) is 2.98. The zero-order chi connectivity index (χ0) is 11.5. The van der Waals surface area contributed by atoms with Crippen molar-refractivity contribution in [1.29, 1.82) is 0 Å². The predicted molar refractivity (Wildman–Crippen MR) is 60.9 cm³/mol. The standard InChI is InChI=1S/C12H23NO2/c1-12(2,3)13-10(11(14)15)9-7-5-4-6-8-9/h9-10,13H,4-8H2,1-3H3,(H,14,15)/t10-/m0/s1. The number of nitrogens with one attached hydrogen (secondary N) is 1. The topological polar surface area (TPSA) is 49.3 Å². The second kappa shape index (κ2) is 4.97. The van der Waals surface area contributed by atoms with Crippen LogP contribution in [0.5, 0.6) is 0 Å². The van der Waals surface area contributed by atoms with Crippen LogP contribution in [0.1, 0.15) is 52.9 Å². The lowest BCUT2D eigenvalue weighted by atomic mass is 9.83. The van der Waals surface area contributed by atoms with Gasteiger partial charge < -0.3 is 5.11 Å². The van der Waals surface area contributed by atoms with E-state index in [4.69, 9.17) is 0 Å². The van der Waals surface area contributed by atoms with Crippen LogP contribution in [0.2, 0.25) is 0 Å². The molecule has 0 amide bonds. The summed E-state index contributed by atoms with van der Waals surface area (Å²) in [5.41, 5.74) is -0.125. The zero-order valence-corrected chi connectivity index (χ0v) is 10.0. The molecule has 1 rings (SSSR count). The SMILES string of the molecule is CC(C)(C)N[C@H](C(=O)O)C1CCCCC1. The zero-order valence-electron chi connectivity index (χ0n) is 10.0. The molecule has 0 bridgehead atoms. The summed E-state index contributed by atoms with van der Waals surface area (Å²) in [5, 5.41) is 12.5. The van der Waals surface area contributed by atoms with Gasteiger partial charge in [-0.1, -0.05) is 19.3 Å². The Labute approximate surface area is 92.3 Å². The maximum atomic E-state index is 11.2. The molecule has 0 aromatic heterocycles. The number of hydrogen-bond acceptors (Lipinski definition) is 2. The number of hydrogen-bond donors (Lipinski definition) is 2. The molecule has 0 aromatic carbocycles. The van der Waals surface area contributed by atoms with Crippen molar-refractivity contribution in [2.24, 2.45) is 5.92 Å². The molecule has 1 atom stereocenters. The lowest BCUT2D eigenvalue weighted by Crippen LogP contribution is -2.51. The maximum Gasteiger partial charge on any atom is 0.320 e. The normalized spacial score (nSPS) is 21.3. The molecule has 0 heterocycles. The van der Waals surface area contributed by atoms with Crippen molar-refractivity contribution >= 4 is 5.97 Å². The van der Waals surface area contributed by atoms with E-state index >= 15 is 0 Å². The van der Waals surface area contributed by atoms with Gasteiger partial charge in [-0.15, -0.1) is 0 Å². The smallest absolute Gasteiger partial charge is 0.320 e. The van der Waals surface area contributed by atoms with Crippen LogP contribution in [0, 0.1) is 5.92 Å². The summed E-state index contributed by atoms with van der Waals surface area (Å²) in [6.07, 6.45) is 5.74.